The van der Waals surface area contributed by atoms with Gasteiger partial charge in [-0.25, -0.2) is 0 Å². The number of unbranched alkanes of at least 4 members (excludes halogenated alkanes) is 2. The molecule has 0 saturated carbocycles. The number of pyridine rings is 1. The third-order valence-electron chi connectivity index (χ3n) is 5.81. The van der Waals surface area contributed by atoms with Crippen LogP contribution in [0, 0.1) is 0 Å². The van der Waals surface area contributed by atoms with Crippen LogP contribution in [-0.2, 0) is 11.3 Å². The fourth-order valence-electron chi connectivity index (χ4n) is 4.07. The molecule has 0 fully saturated rings. The third-order valence-corrected chi connectivity index (χ3v) is 6.98. The number of quaternary nitrogens is 1. The molecular weight excluding hydrogens is 416 g/mol. The summed E-state index contributed by atoms with van der Waals surface area (Å²) in [6.07, 6.45) is 8.13. The van der Waals surface area contributed by atoms with Crippen molar-refractivity contribution in [2.45, 2.75) is 37.1 Å². The van der Waals surface area contributed by atoms with Gasteiger partial charge in [-0.3, -0.25) is 4.79 Å². The van der Waals surface area contributed by atoms with Crippen molar-refractivity contribution in [3.8, 4) is 0 Å². The Hall–Kier alpha value is -2.83. The van der Waals surface area contributed by atoms with Gasteiger partial charge in [0.2, 0.25) is 11.4 Å². The molecule has 0 bridgehead atoms. The van der Waals surface area contributed by atoms with Gasteiger partial charge in [0.1, 0.15) is 6.54 Å². The van der Waals surface area contributed by atoms with Crippen LogP contribution in [0.1, 0.15) is 31.2 Å². The first kappa shape index (κ1) is 22.4. The minimum absolute atomic E-state index is 0.140. The molecule has 3 aromatic rings. The highest BCUT2D eigenvalue weighted by molar-refractivity contribution is 8.03. The lowest BCUT2D eigenvalue weighted by Crippen LogP contribution is -2.54. The van der Waals surface area contributed by atoms with E-state index in [1.54, 1.807) is 0 Å². The number of carbonyl (C=O) groups excluding carboxylic acids is 1. The average Bonchev–Trinajstić information content (AvgIpc) is 3.14. The summed E-state index contributed by atoms with van der Waals surface area (Å²) in [6.45, 7) is 2.37. The molecule has 2 aromatic carbocycles. The smallest absolute Gasteiger partial charge is 0.220 e. The van der Waals surface area contributed by atoms with Gasteiger partial charge in [-0.2, -0.15) is 4.57 Å². The van der Waals surface area contributed by atoms with Crippen molar-refractivity contribution < 1.29 is 15.1 Å². The molecule has 0 saturated heterocycles. The molecule has 1 aromatic heterocycles. The Morgan fingerprint density at radius 2 is 1.91 bits per heavy atom. The predicted molar refractivity (Wildman–Crippen MR) is 132 cm³/mol. The molecule has 0 radical (unpaired) electrons. The van der Waals surface area contributed by atoms with Crippen molar-refractivity contribution in [1.82, 2.24) is 5.32 Å². The lowest BCUT2D eigenvalue weighted by Gasteiger charge is -2.13. The Morgan fingerprint density at radius 1 is 1.09 bits per heavy atom. The van der Waals surface area contributed by atoms with Gasteiger partial charge in [0, 0.05) is 36.9 Å². The number of para-hydroxylation sites is 2. The molecular formula is C26H32N4OS+2. The van der Waals surface area contributed by atoms with Crippen molar-refractivity contribution in [1.29, 1.82) is 0 Å². The SMILES string of the molecule is CN1C(=Cc2cc[n+](CCCCCC(=O)NCC[NH3+])c3ccccc23)Sc2ccccc21. The Morgan fingerprint density at radius 3 is 2.75 bits per heavy atom. The van der Waals surface area contributed by atoms with Crippen LogP contribution in [0.3, 0.4) is 0 Å². The maximum atomic E-state index is 11.7. The van der Waals surface area contributed by atoms with Crippen LogP contribution in [0.4, 0.5) is 5.69 Å². The number of aromatic nitrogens is 1. The Kier molecular flexibility index (Phi) is 7.45. The van der Waals surface area contributed by atoms with Crippen LogP contribution >= 0.6 is 11.8 Å². The van der Waals surface area contributed by atoms with Crippen molar-refractivity contribution in [2.24, 2.45) is 0 Å². The highest BCUT2D eigenvalue weighted by Crippen LogP contribution is 2.45. The lowest BCUT2D eigenvalue weighted by atomic mass is 10.1. The molecule has 0 spiro atoms. The Bertz CT molecular complexity index is 1130. The summed E-state index contributed by atoms with van der Waals surface area (Å²) in [5.41, 5.74) is 7.50. The first-order chi connectivity index (χ1) is 15.7. The van der Waals surface area contributed by atoms with Gasteiger partial charge >= 0.3 is 0 Å². The van der Waals surface area contributed by atoms with Gasteiger partial charge in [0.05, 0.1) is 29.2 Å². The van der Waals surface area contributed by atoms with Crippen molar-refractivity contribution in [3.05, 3.63) is 71.4 Å². The molecule has 1 aliphatic rings. The van der Waals surface area contributed by atoms with Crippen LogP contribution in [0.5, 0.6) is 0 Å². The third kappa shape index (κ3) is 5.14. The van der Waals surface area contributed by atoms with E-state index in [-0.39, 0.29) is 5.91 Å². The summed E-state index contributed by atoms with van der Waals surface area (Å²) in [5.74, 6) is 0.140. The van der Waals surface area contributed by atoms with Crippen LogP contribution < -0.4 is 20.5 Å². The number of nitrogens with zero attached hydrogens (tertiary/aromatic N) is 2. The fraction of sp³-hybridized carbons (Fsp3) is 0.308. The van der Waals surface area contributed by atoms with E-state index in [0.717, 1.165) is 32.4 Å². The Balaban J connectivity index is 1.44. The van der Waals surface area contributed by atoms with Crippen LogP contribution in [-0.4, -0.2) is 26.0 Å². The molecule has 5 nitrogen and oxygen atoms in total. The van der Waals surface area contributed by atoms with Gasteiger partial charge in [-0.15, -0.1) is 0 Å². The molecule has 1 amide bonds. The molecule has 166 valence electrons. The maximum Gasteiger partial charge on any atom is 0.220 e. The maximum absolute atomic E-state index is 11.7. The normalized spacial score (nSPS) is 14.2. The number of aryl methyl sites for hydroxylation is 1. The van der Waals surface area contributed by atoms with Crippen molar-refractivity contribution >= 4 is 40.3 Å². The second-order valence-corrected chi connectivity index (χ2v) is 9.17. The van der Waals surface area contributed by atoms with Gasteiger partial charge in [-0.05, 0) is 42.7 Å². The molecule has 0 unspecified atom stereocenters. The van der Waals surface area contributed by atoms with Gasteiger partial charge in [0.25, 0.3) is 0 Å². The first-order valence-electron chi connectivity index (χ1n) is 11.4. The van der Waals surface area contributed by atoms with E-state index < -0.39 is 0 Å². The summed E-state index contributed by atoms with van der Waals surface area (Å²) in [5, 5.41) is 5.40. The number of hydrogen-bond acceptors (Lipinski definition) is 3. The minimum atomic E-state index is 0.140. The van der Waals surface area contributed by atoms with Crippen LogP contribution in [0.25, 0.3) is 17.0 Å². The number of amides is 1. The quantitative estimate of drug-likeness (QED) is 0.388. The number of benzene rings is 2. The zero-order valence-electron chi connectivity index (χ0n) is 18.7. The van der Waals surface area contributed by atoms with Crippen LogP contribution in [0.2, 0.25) is 0 Å². The summed E-state index contributed by atoms with van der Waals surface area (Å²) in [4.78, 5) is 15.3. The molecule has 2 heterocycles. The Labute approximate surface area is 194 Å². The first-order valence-corrected chi connectivity index (χ1v) is 12.2. The van der Waals surface area contributed by atoms with E-state index in [1.165, 1.54) is 32.1 Å². The highest BCUT2D eigenvalue weighted by Gasteiger charge is 2.22. The molecule has 4 rings (SSSR count). The van der Waals surface area contributed by atoms with E-state index in [9.17, 15) is 4.79 Å². The fourth-order valence-corrected chi connectivity index (χ4v) is 5.17. The molecule has 0 aliphatic carbocycles. The van der Waals surface area contributed by atoms with Crippen molar-refractivity contribution in [2.75, 3.05) is 25.0 Å². The summed E-state index contributed by atoms with van der Waals surface area (Å²) >= 11 is 1.82. The number of nitrogens with one attached hydrogen (secondary N) is 1. The number of fused-ring (bicyclic) bond motifs is 2. The summed E-state index contributed by atoms with van der Waals surface area (Å²) in [7, 11) is 2.13. The molecule has 4 N–H and O–H groups in total. The van der Waals surface area contributed by atoms with Gasteiger partial charge in [0.15, 0.2) is 6.20 Å². The molecule has 6 heteroatoms. The summed E-state index contributed by atoms with van der Waals surface area (Å²) < 4.78 is 2.33. The van der Waals surface area contributed by atoms with E-state index in [1.807, 2.05) is 11.8 Å². The molecule has 0 atom stereocenters. The largest absolute Gasteiger partial charge is 0.356 e. The molecule has 32 heavy (non-hydrogen) atoms. The van der Waals surface area contributed by atoms with Crippen molar-refractivity contribution in [3.63, 3.8) is 0 Å². The van der Waals surface area contributed by atoms with Gasteiger partial charge in [-0.1, -0.05) is 36.0 Å². The number of hydrogen-bond donors (Lipinski definition) is 2. The lowest BCUT2D eigenvalue weighted by molar-refractivity contribution is -0.671. The van der Waals surface area contributed by atoms with Crippen LogP contribution in [0.15, 0.2) is 70.7 Å². The van der Waals surface area contributed by atoms with E-state index in [4.69, 9.17) is 0 Å². The standard InChI is InChI=1S/C26H30N4OS/c1-29-23-11-6-7-12-24(23)32-26(29)19-20-14-18-30(22-10-5-4-9-21(20)22)17-8-2-3-13-25(31)28-16-15-27/h4-7,9-12,14,18-19H,2-3,8,13,15-17,27H2,1H3/p+2. The van der Waals surface area contributed by atoms with E-state index in [2.05, 4.69) is 94.4 Å². The number of carbonyl (C=O) groups is 1. The monoisotopic (exact) mass is 448 g/mol. The topological polar surface area (TPSA) is 63.9 Å². The predicted octanol–water partition coefficient (Wildman–Crippen LogP) is 3.59. The minimum Gasteiger partial charge on any atom is -0.356 e. The second kappa shape index (κ2) is 10.7. The zero-order valence-corrected chi connectivity index (χ0v) is 19.5. The number of rotatable bonds is 9. The zero-order chi connectivity index (χ0) is 22.3. The van der Waals surface area contributed by atoms with E-state index >= 15 is 0 Å². The van der Waals surface area contributed by atoms with Gasteiger partial charge < -0.3 is 16.0 Å². The number of anilines is 1. The average molecular weight is 449 g/mol. The number of thioether (sulfide) groups is 1. The summed E-state index contributed by atoms with van der Waals surface area (Å²) in [6, 6.07) is 19.4. The molecule has 1 aliphatic heterocycles. The van der Waals surface area contributed by atoms with E-state index in [0.29, 0.717) is 13.0 Å². The highest BCUT2D eigenvalue weighted by atomic mass is 32.2. The second-order valence-electron chi connectivity index (χ2n) is 8.11.